The smallest absolute Gasteiger partial charge is 0.216 e. The van der Waals surface area contributed by atoms with E-state index in [1.165, 1.54) is 0 Å². The van der Waals surface area contributed by atoms with Crippen LogP contribution in [0.4, 0.5) is 5.82 Å². The maximum absolute atomic E-state index is 11.0. The van der Waals surface area contributed by atoms with Crippen molar-refractivity contribution in [1.29, 1.82) is 0 Å². The van der Waals surface area contributed by atoms with Gasteiger partial charge in [0.2, 0.25) is 5.91 Å². The number of hydrogen-bond donors (Lipinski definition) is 1. The Balaban J connectivity index is 2.02. The lowest BCUT2D eigenvalue weighted by molar-refractivity contribution is -0.119. The van der Waals surface area contributed by atoms with Crippen molar-refractivity contribution in [3.8, 4) is 0 Å². The van der Waals surface area contributed by atoms with E-state index in [2.05, 4.69) is 31.1 Å². The van der Waals surface area contributed by atoms with Gasteiger partial charge >= 0.3 is 0 Å². The molecule has 1 fully saturated rings. The number of rotatable bonds is 3. The molecule has 2 rings (SSSR count). The molecule has 1 aliphatic rings. The van der Waals surface area contributed by atoms with Crippen LogP contribution in [0.25, 0.3) is 0 Å². The maximum Gasteiger partial charge on any atom is 0.216 e. The third-order valence-electron chi connectivity index (χ3n) is 3.25. The third-order valence-corrected chi connectivity index (χ3v) is 4.04. The van der Waals surface area contributed by atoms with E-state index in [1.54, 1.807) is 13.1 Å². The molecule has 6 heteroatoms. The van der Waals surface area contributed by atoms with E-state index >= 15 is 0 Å². The largest absolute Gasteiger partial charge is 0.356 e. The van der Waals surface area contributed by atoms with Crippen molar-refractivity contribution in [3.63, 3.8) is 0 Å². The Morgan fingerprint density at radius 2 is 2.47 bits per heavy atom. The van der Waals surface area contributed by atoms with Crippen LogP contribution in [0, 0.1) is 5.92 Å². The molecule has 0 aliphatic carbocycles. The summed E-state index contributed by atoms with van der Waals surface area (Å²) >= 11 is 9.42. The van der Waals surface area contributed by atoms with E-state index in [1.807, 2.05) is 6.07 Å². The Bertz CT molecular complexity index is 469. The van der Waals surface area contributed by atoms with Gasteiger partial charge in [0.15, 0.2) is 0 Å². The first-order chi connectivity index (χ1) is 9.06. The van der Waals surface area contributed by atoms with Gasteiger partial charge < -0.3 is 10.2 Å². The van der Waals surface area contributed by atoms with E-state index in [0.29, 0.717) is 10.9 Å². The second-order valence-electron chi connectivity index (χ2n) is 4.85. The molecule has 0 aromatic carbocycles. The maximum atomic E-state index is 11.0. The van der Waals surface area contributed by atoms with Gasteiger partial charge in [0.25, 0.3) is 0 Å². The first-order valence-corrected chi connectivity index (χ1v) is 7.54. The van der Waals surface area contributed by atoms with Crippen molar-refractivity contribution >= 4 is 39.3 Å². The summed E-state index contributed by atoms with van der Waals surface area (Å²) < 4.78 is 0.917. The summed E-state index contributed by atoms with van der Waals surface area (Å²) in [6.45, 7) is 4.19. The van der Waals surface area contributed by atoms with Crippen molar-refractivity contribution in [3.05, 3.63) is 21.8 Å². The van der Waals surface area contributed by atoms with E-state index in [4.69, 9.17) is 11.6 Å². The predicted molar refractivity (Wildman–Crippen MR) is 80.6 cm³/mol. The van der Waals surface area contributed by atoms with Gasteiger partial charge in [-0.25, -0.2) is 4.98 Å². The quantitative estimate of drug-likeness (QED) is 0.915. The first kappa shape index (κ1) is 14.6. The highest BCUT2D eigenvalue weighted by molar-refractivity contribution is 9.10. The third kappa shape index (κ3) is 4.08. The van der Waals surface area contributed by atoms with E-state index < -0.39 is 0 Å². The van der Waals surface area contributed by atoms with Gasteiger partial charge in [-0.05, 0) is 40.8 Å². The van der Waals surface area contributed by atoms with Gasteiger partial charge in [-0.2, -0.15) is 0 Å². The molecule has 1 saturated heterocycles. The zero-order chi connectivity index (χ0) is 13.8. The number of nitrogens with one attached hydrogen (secondary N) is 1. The molecule has 0 radical (unpaired) electrons. The van der Waals surface area contributed by atoms with Crippen LogP contribution in [0.3, 0.4) is 0 Å². The highest BCUT2D eigenvalue weighted by Crippen LogP contribution is 2.29. The summed E-state index contributed by atoms with van der Waals surface area (Å²) in [5, 5.41) is 3.52. The zero-order valence-electron chi connectivity index (χ0n) is 10.8. The van der Waals surface area contributed by atoms with Crippen molar-refractivity contribution in [1.82, 2.24) is 10.3 Å². The Morgan fingerprint density at radius 1 is 1.68 bits per heavy atom. The molecule has 1 atom stereocenters. The minimum Gasteiger partial charge on any atom is -0.356 e. The van der Waals surface area contributed by atoms with Crippen molar-refractivity contribution in [2.24, 2.45) is 5.92 Å². The Labute approximate surface area is 126 Å². The van der Waals surface area contributed by atoms with Crippen LogP contribution in [0.5, 0.6) is 0 Å². The molecule has 1 unspecified atom stereocenters. The molecule has 2 heterocycles. The molecule has 104 valence electrons. The van der Waals surface area contributed by atoms with Crippen LogP contribution in [0.1, 0.15) is 19.8 Å². The van der Waals surface area contributed by atoms with Crippen LogP contribution in [-0.4, -0.2) is 30.5 Å². The number of halogens is 2. The van der Waals surface area contributed by atoms with Gasteiger partial charge in [0.05, 0.1) is 9.50 Å². The molecule has 1 aromatic heterocycles. The summed E-state index contributed by atoms with van der Waals surface area (Å²) in [6.07, 6.45) is 3.92. The number of amides is 1. The van der Waals surface area contributed by atoms with Gasteiger partial charge in [-0.3, -0.25) is 4.79 Å². The van der Waals surface area contributed by atoms with E-state index in [0.717, 1.165) is 42.8 Å². The lowest BCUT2D eigenvalue weighted by Crippen LogP contribution is -2.41. The number of nitrogens with zero attached hydrogens (tertiary/aromatic N) is 2. The first-order valence-electron chi connectivity index (χ1n) is 6.36. The molecule has 0 spiro atoms. The molecule has 19 heavy (non-hydrogen) atoms. The number of hydrogen-bond acceptors (Lipinski definition) is 3. The predicted octanol–water partition coefficient (Wildman–Crippen LogP) is 2.85. The number of carbonyl (C=O) groups excluding carboxylic acids is 1. The fraction of sp³-hybridized carbons (Fsp3) is 0.538. The number of anilines is 1. The molecular weight excluding hydrogens is 330 g/mol. The molecule has 1 aromatic rings. The zero-order valence-corrected chi connectivity index (χ0v) is 13.2. The van der Waals surface area contributed by atoms with Crippen LogP contribution >= 0.6 is 27.5 Å². The minimum atomic E-state index is 0.0305. The summed E-state index contributed by atoms with van der Waals surface area (Å²) in [7, 11) is 0. The van der Waals surface area contributed by atoms with Gasteiger partial charge in [0, 0.05) is 32.8 Å². The fourth-order valence-electron chi connectivity index (χ4n) is 2.35. The number of aromatic nitrogens is 1. The second kappa shape index (κ2) is 6.57. The summed E-state index contributed by atoms with van der Waals surface area (Å²) in [5.74, 6) is 1.43. The SMILES string of the molecule is CC(=O)NCC1CCCN(c2ncc(Cl)cc2Br)C1. The van der Waals surface area contributed by atoms with Crippen LogP contribution in [-0.2, 0) is 4.79 Å². The average Bonchev–Trinajstić information content (AvgIpc) is 2.36. The highest BCUT2D eigenvalue weighted by Gasteiger charge is 2.22. The number of pyridine rings is 1. The molecule has 1 aliphatic heterocycles. The Morgan fingerprint density at radius 3 is 3.16 bits per heavy atom. The van der Waals surface area contributed by atoms with Crippen LogP contribution < -0.4 is 10.2 Å². The summed E-state index contributed by atoms with van der Waals surface area (Å²) in [6, 6.07) is 1.86. The van der Waals surface area contributed by atoms with Gasteiger partial charge in [-0.1, -0.05) is 11.6 Å². The van der Waals surface area contributed by atoms with Crippen molar-refractivity contribution in [2.75, 3.05) is 24.5 Å². The van der Waals surface area contributed by atoms with Crippen molar-refractivity contribution < 1.29 is 4.79 Å². The molecular formula is C13H17BrClN3O. The number of carbonyl (C=O) groups is 1. The molecule has 0 saturated carbocycles. The topological polar surface area (TPSA) is 45.2 Å². The van der Waals surface area contributed by atoms with E-state index in [9.17, 15) is 4.79 Å². The van der Waals surface area contributed by atoms with E-state index in [-0.39, 0.29) is 5.91 Å². The molecule has 0 bridgehead atoms. The monoisotopic (exact) mass is 345 g/mol. The molecule has 1 N–H and O–H groups in total. The second-order valence-corrected chi connectivity index (χ2v) is 6.14. The lowest BCUT2D eigenvalue weighted by atomic mass is 9.98. The Hall–Kier alpha value is -0.810. The van der Waals surface area contributed by atoms with Crippen LogP contribution in [0.15, 0.2) is 16.7 Å². The summed E-state index contributed by atoms with van der Waals surface area (Å²) in [4.78, 5) is 17.6. The lowest BCUT2D eigenvalue weighted by Gasteiger charge is -2.34. The molecule has 1 amide bonds. The standard InChI is InChI=1S/C13H17BrClN3O/c1-9(19)16-6-10-3-2-4-18(8-10)13-12(14)5-11(15)7-17-13/h5,7,10H,2-4,6,8H2,1H3,(H,16,19). The number of piperidine rings is 1. The summed E-state index contributed by atoms with van der Waals surface area (Å²) in [5.41, 5.74) is 0. The fourth-order valence-corrected chi connectivity index (χ4v) is 3.24. The van der Waals surface area contributed by atoms with Crippen molar-refractivity contribution in [2.45, 2.75) is 19.8 Å². The minimum absolute atomic E-state index is 0.0305. The van der Waals surface area contributed by atoms with Gasteiger partial charge in [-0.15, -0.1) is 0 Å². The molecule has 4 nitrogen and oxygen atoms in total. The van der Waals surface area contributed by atoms with Crippen LogP contribution in [0.2, 0.25) is 5.02 Å². The Kier molecular flexibility index (Phi) is 5.05. The highest BCUT2D eigenvalue weighted by atomic mass is 79.9. The normalized spacial score (nSPS) is 19.3. The average molecular weight is 347 g/mol. The van der Waals surface area contributed by atoms with Gasteiger partial charge in [0.1, 0.15) is 5.82 Å².